The van der Waals surface area contributed by atoms with Gasteiger partial charge in [-0.1, -0.05) is 6.07 Å². The molecule has 2 N–H and O–H groups in total. The summed E-state index contributed by atoms with van der Waals surface area (Å²) in [5, 5.41) is 21.8. The first-order chi connectivity index (χ1) is 9.41. The number of rotatable bonds is 2. The first-order valence-electron chi connectivity index (χ1n) is 6.72. The van der Waals surface area contributed by atoms with Crippen LogP contribution >= 0.6 is 0 Å². The summed E-state index contributed by atoms with van der Waals surface area (Å²) in [7, 11) is 0. The van der Waals surface area contributed by atoms with E-state index in [-0.39, 0.29) is 12.1 Å². The summed E-state index contributed by atoms with van der Waals surface area (Å²) in [6.07, 6.45) is 1.69. The van der Waals surface area contributed by atoms with Crippen LogP contribution in [0.15, 0.2) is 24.3 Å². The minimum Gasteiger partial charge on any atom is -0.388 e. The fourth-order valence-electron chi connectivity index (χ4n) is 2.61. The van der Waals surface area contributed by atoms with E-state index >= 15 is 0 Å². The number of carbonyl (C=O) groups excluding carboxylic acids is 1. The predicted octanol–water partition coefficient (Wildman–Crippen LogP) is 2.33. The van der Waals surface area contributed by atoms with E-state index in [9.17, 15) is 9.90 Å². The number of nitrogens with one attached hydrogen (secondary N) is 1. The summed E-state index contributed by atoms with van der Waals surface area (Å²) in [5.74, 6) is 0. The molecule has 1 atom stereocenters. The van der Waals surface area contributed by atoms with E-state index in [0.717, 1.165) is 12.8 Å². The zero-order valence-corrected chi connectivity index (χ0v) is 11.8. The molecule has 0 unspecified atom stereocenters. The number of urea groups is 1. The number of nitrogens with zero attached hydrogens (tertiary/aromatic N) is 2. The molecule has 1 saturated heterocycles. The molecule has 1 heterocycles. The highest BCUT2D eigenvalue weighted by Gasteiger charge is 2.38. The van der Waals surface area contributed by atoms with Crippen molar-refractivity contribution in [2.75, 3.05) is 11.9 Å². The average Bonchev–Trinajstić information content (AvgIpc) is 2.88. The third-order valence-electron chi connectivity index (χ3n) is 3.57. The van der Waals surface area contributed by atoms with Crippen molar-refractivity contribution in [3.8, 4) is 6.07 Å². The van der Waals surface area contributed by atoms with E-state index in [4.69, 9.17) is 5.26 Å². The Balaban J connectivity index is 2.10. The topological polar surface area (TPSA) is 76.4 Å². The Bertz CT molecular complexity index is 543. The van der Waals surface area contributed by atoms with Gasteiger partial charge in [-0.3, -0.25) is 0 Å². The summed E-state index contributed by atoms with van der Waals surface area (Å²) < 4.78 is 0. The molecule has 1 aliphatic rings. The van der Waals surface area contributed by atoms with E-state index < -0.39 is 5.60 Å². The molecular formula is C15H19N3O2. The average molecular weight is 273 g/mol. The standard InChI is InChI=1S/C15H19N3O2/c1-15(2,20)13-7-4-8-18(13)14(19)17-12-6-3-5-11(9-12)10-16/h3,5-6,9,13,20H,4,7-8H2,1-2H3,(H,17,19)/t13-/m1/s1. The highest BCUT2D eigenvalue weighted by atomic mass is 16.3. The number of hydrogen-bond acceptors (Lipinski definition) is 3. The van der Waals surface area contributed by atoms with Crippen LogP contribution in [0.3, 0.4) is 0 Å². The number of nitriles is 1. The Kier molecular flexibility index (Phi) is 3.96. The fraction of sp³-hybridized carbons (Fsp3) is 0.467. The van der Waals surface area contributed by atoms with Gasteiger partial charge in [0.15, 0.2) is 0 Å². The molecule has 106 valence electrons. The second-order valence-corrected chi connectivity index (χ2v) is 5.63. The monoisotopic (exact) mass is 273 g/mol. The molecule has 5 nitrogen and oxygen atoms in total. The third kappa shape index (κ3) is 3.09. The van der Waals surface area contributed by atoms with Gasteiger partial charge in [0.25, 0.3) is 0 Å². The number of benzene rings is 1. The Labute approximate surface area is 118 Å². The molecule has 1 aliphatic heterocycles. The Hall–Kier alpha value is -2.06. The number of anilines is 1. The van der Waals surface area contributed by atoms with Gasteiger partial charge < -0.3 is 15.3 Å². The Morgan fingerprint density at radius 1 is 1.55 bits per heavy atom. The molecule has 0 spiro atoms. The van der Waals surface area contributed by atoms with Crippen LogP contribution in [0, 0.1) is 11.3 Å². The van der Waals surface area contributed by atoms with E-state index in [2.05, 4.69) is 5.32 Å². The van der Waals surface area contributed by atoms with Gasteiger partial charge in [0, 0.05) is 12.2 Å². The van der Waals surface area contributed by atoms with E-state index in [1.807, 2.05) is 6.07 Å². The van der Waals surface area contributed by atoms with E-state index in [0.29, 0.717) is 17.8 Å². The van der Waals surface area contributed by atoms with Crippen molar-refractivity contribution in [1.82, 2.24) is 4.90 Å². The van der Waals surface area contributed by atoms with Gasteiger partial charge in [-0.25, -0.2) is 4.79 Å². The molecule has 0 aliphatic carbocycles. The second kappa shape index (κ2) is 5.51. The van der Waals surface area contributed by atoms with Crippen molar-refractivity contribution in [3.63, 3.8) is 0 Å². The van der Waals surface area contributed by atoms with Gasteiger partial charge in [0.1, 0.15) is 0 Å². The molecule has 0 radical (unpaired) electrons. The van der Waals surface area contributed by atoms with E-state index in [1.165, 1.54) is 0 Å². The lowest BCUT2D eigenvalue weighted by molar-refractivity contribution is 0.0117. The minimum absolute atomic E-state index is 0.179. The van der Waals surface area contributed by atoms with Crippen molar-refractivity contribution in [1.29, 1.82) is 5.26 Å². The lowest BCUT2D eigenvalue weighted by Crippen LogP contribution is -2.49. The van der Waals surface area contributed by atoms with Crippen LogP contribution in [0.25, 0.3) is 0 Å². The molecule has 0 saturated carbocycles. The summed E-state index contributed by atoms with van der Waals surface area (Å²) in [4.78, 5) is 14.0. The second-order valence-electron chi connectivity index (χ2n) is 5.63. The van der Waals surface area contributed by atoms with Gasteiger partial charge >= 0.3 is 6.03 Å². The first-order valence-corrected chi connectivity index (χ1v) is 6.72. The van der Waals surface area contributed by atoms with Crippen LogP contribution in [0.2, 0.25) is 0 Å². The molecular weight excluding hydrogens is 254 g/mol. The van der Waals surface area contributed by atoms with E-state index in [1.54, 1.807) is 43.0 Å². The number of likely N-dealkylation sites (tertiary alicyclic amines) is 1. The minimum atomic E-state index is -0.914. The number of aliphatic hydroxyl groups is 1. The highest BCUT2D eigenvalue weighted by molar-refractivity contribution is 5.90. The number of hydrogen-bond donors (Lipinski definition) is 2. The van der Waals surface area contributed by atoms with Crippen molar-refractivity contribution in [2.24, 2.45) is 0 Å². The Morgan fingerprint density at radius 3 is 2.95 bits per heavy atom. The molecule has 2 amide bonds. The smallest absolute Gasteiger partial charge is 0.322 e. The molecule has 0 aromatic heterocycles. The van der Waals surface area contributed by atoms with Crippen LogP contribution in [0.4, 0.5) is 10.5 Å². The molecule has 20 heavy (non-hydrogen) atoms. The lowest BCUT2D eigenvalue weighted by atomic mass is 9.97. The summed E-state index contributed by atoms with van der Waals surface area (Å²) >= 11 is 0. The maximum absolute atomic E-state index is 12.3. The fourth-order valence-corrected chi connectivity index (χ4v) is 2.61. The summed E-state index contributed by atoms with van der Waals surface area (Å²) in [5.41, 5.74) is 0.182. The quantitative estimate of drug-likeness (QED) is 0.868. The molecule has 5 heteroatoms. The third-order valence-corrected chi connectivity index (χ3v) is 3.57. The first kappa shape index (κ1) is 14.4. The largest absolute Gasteiger partial charge is 0.388 e. The Morgan fingerprint density at radius 2 is 2.30 bits per heavy atom. The maximum atomic E-state index is 12.3. The summed E-state index contributed by atoms with van der Waals surface area (Å²) in [6.45, 7) is 4.08. The van der Waals surface area contributed by atoms with Gasteiger partial charge in [-0.15, -0.1) is 0 Å². The van der Waals surface area contributed by atoms with Crippen LogP contribution < -0.4 is 5.32 Å². The van der Waals surface area contributed by atoms with Crippen molar-refractivity contribution in [3.05, 3.63) is 29.8 Å². The highest BCUT2D eigenvalue weighted by Crippen LogP contribution is 2.27. The van der Waals surface area contributed by atoms with Crippen molar-refractivity contribution in [2.45, 2.75) is 38.3 Å². The number of amides is 2. The van der Waals surface area contributed by atoms with Crippen molar-refractivity contribution < 1.29 is 9.90 Å². The zero-order chi connectivity index (χ0) is 14.8. The van der Waals surface area contributed by atoms with Gasteiger partial charge in [0.2, 0.25) is 0 Å². The van der Waals surface area contributed by atoms with Crippen LogP contribution in [0.1, 0.15) is 32.3 Å². The van der Waals surface area contributed by atoms with Crippen LogP contribution in [0.5, 0.6) is 0 Å². The molecule has 0 bridgehead atoms. The number of carbonyl (C=O) groups is 1. The van der Waals surface area contributed by atoms with Gasteiger partial charge in [-0.2, -0.15) is 5.26 Å². The summed E-state index contributed by atoms with van der Waals surface area (Å²) in [6, 6.07) is 8.42. The molecule has 2 rings (SSSR count). The zero-order valence-electron chi connectivity index (χ0n) is 11.8. The molecule has 1 aromatic carbocycles. The van der Waals surface area contributed by atoms with Crippen LogP contribution in [-0.4, -0.2) is 34.2 Å². The van der Waals surface area contributed by atoms with Crippen LogP contribution in [-0.2, 0) is 0 Å². The van der Waals surface area contributed by atoms with Gasteiger partial charge in [-0.05, 0) is 44.9 Å². The normalized spacial score (nSPS) is 18.7. The SMILES string of the molecule is CC(C)(O)[C@H]1CCCN1C(=O)Nc1cccc(C#N)c1. The maximum Gasteiger partial charge on any atom is 0.322 e. The predicted molar refractivity (Wildman–Crippen MR) is 76.2 cm³/mol. The molecule has 1 fully saturated rings. The van der Waals surface area contributed by atoms with Gasteiger partial charge in [0.05, 0.1) is 23.3 Å². The lowest BCUT2D eigenvalue weighted by Gasteiger charge is -2.33. The molecule has 1 aromatic rings. The van der Waals surface area contributed by atoms with Crippen molar-refractivity contribution >= 4 is 11.7 Å².